The van der Waals surface area contributed by atoms with Crippen molar-refractivity contribution in [3.05, 3.63) is 63.3 Å². The van der Waals surface area contributed by atoms with Gasteiger partial charge in [-0.25, -0.2) is 4.98 Å². The van der Waals surface area contributed by atoms with E-state index in [-0.39, 0.29) is 30.4 Å². The predicted octanol–water partition coefficient (Wildman–Crippen LogP) is 3.96. The summed E-state index contributed by atoms with van der Waals surface area (Å²) in [4.78, 5) is 24.1. The Kier molecular flexibility index (Phi) is 7.20. The molecule has 0 amide bonds. The molecular weight excluding hydrogens is 457 g/mol. The molecule has 8 heteroatoms. The van der Waals surface area contributed by atoms with Crippen molar-refractivity contribution in [3.8, 4) is 0 Å². The summed E-state index contributed by atoms with van der Waals surface area (Å²) in [6.45, 7) is 7.83. The number of aromatic amines is 1. The highest BCUT2D eigenvalue weighted by molar-refractivity contribution is 5.85. The molecule has 0 saturated carbocycles. The second kappa shape index (κ2) is 9.79. The largest absolute Gasteiger partial charge is 0.342 e. The van der Waals surface area contributed by atoms with Gasteiger partial charge in [0.1, 0.15) is 5.82 Å². The minimum Gasteiger partial charge on any atom is -0.342 e. The van der Waals surface area contributed by atoms with Gasteiger partial charge in [0.05, 0.1) is 11.0 Å². The Hall–Kier alpha value is -1.86. The number of hydrogen-bond donors (Lipinski definition) is 2. The second-order valence-corrected chi connectivity index (χ2v) is 9.80. The molecule has 3 aliphatic heterocycles. The van der Waals surface area contributed by atoms with Crippen LogP contribution in [0.3, 0.4) is 0 Å². The summed E-state index contributed by atoms with van der Waals surface area (Å²) >= 11 is 0. The lowest BCUT2D eigenvalue weighted by Gasteiger charge is -2.38. The van der Waals surface area contributed by atoms with Crippen LogP contribution in [0.1, 0.15) is 53.7 Å². The summed E-state index contributed by atoms with van der Waals surface area (Å²) < 4.78 is 2.08. The molecule has 3 aliphatic rings. The number of rotatable bonds is 3. The Bertz CT molecular complexity index is 1180. The van der Waals surface area contributed by atoms with E-state index >= 15 is 0 Å². The van der Waals surface area contributed by atoms with Gasteiger partial charge in [0, 0.05) is 42.7 Å². The Labute approximate surface area is 207 Å². The minimum absolute atomic E-state index is 0. The van der Waals surface area contributed by atoms with E-state index in [1.54, 1.807) is 0 Å². The van der Waals surface area contributed by atoms with Crippen LogP contribution in [0.5, 0.6) is 0 Å². The van der Waals surface area contributed by atoms with E-state index < -0.39 is 0 Å². The van der Waals surface area contributed by atoms with Crippen LogP contribution in [0.4, 0.5) is 0 Å². The number of imidazole rings is 1. The highest BCUT2D eigenvalue weighted by Crippen LogP contribution is 2.32. The quantitative estimate of drug-likeness (QED) is 0.584. The minimum atomic E-state index is 0. The van der Waals surface area contributed by atoms with Gasteiger partial charge in [-0.15, -0.1) is 24.8 Å². The molecule has 178 valence electrons. The molecule has 0 aliphatic carbocycles. The topological polar surface area (TPSA) is 66.0 Å². The first-order valence-electron chi connectivity index (χ1n) is 11.8. The van der Waals surface area contributed by atoms with Gasteiger partial charge in [0.25, 0.3) is 5.56 Å². The number of fused-ring (bicyclic) bond motifs is 5. The van der Waals surface area contributed by atoms with Gasteiger partial charge in [-0.2, -0.15) is 0 Å². The predicted molar refractivity (Wildman–Crippen MR) is 137 cm³/mol. The van der Waals surface area contributed by atoms with E-state index in [0.717, 1.165) is 74.5 Å². The van der Waals surface area contributed by atoms with Gasteiger partial charge in [0.15, 0.2) is 0 Å². The van der Waals surface area contributed by atoms with Crippen molar-refractivity contribution in [1.29, 1.82) is 0 Å². The average molecular weight is 490 g/mol. The van der Waals surface area contributed by atoms with Gasteiger partial charge in [-0.3, -0.25) is 9.69 Å². The van der Waals surface area contributed by atoms with Crippen molar-refractivity contribution in [2.75, 3.05) is 26.2 Å². The molecular formula is C25H33Cl2N5O. The maximum absolute atomic E-state index is 13.2. The van der Waals surface area contributed by atoms with Gasteiger partial charge in [-0.1, -0.05) is 18.2 Å². The molecule has 2 saturated heterocycles. The fraction of sp³-hybridized carbons (Fsp3) is 0.520. The first kappa shape index (κ1) is 24.3. The van der Waals surface area contributed by atoms with E-state index in [0.29, 0.717) is 17.8 Å². The first-order valence-corrected chi connectivity index (χ1v) is 11.8. The number of nitrogens with zero attached hydrogens (tertiary/aromatic N) is 3. The SMILES string of the molecule is Cc1cccc2[nH]c(C3CCN(Cc4ccc5n(c4=O)C[C@@H]4CNC[C@H]5C4)CC3)nc12.Cl.Cl. The van der Waals surface area contributed by atoms with Crippen LogP contribution in [0.25, 0.3) is 11.0 Å². The van der Waals surface area contributed by atoms with Crippen LogP contribution in [-0.4, -0.2) is 45.6 Å². The number of aryl methyl sites for hydroxylation is 1. The number of aromatic nitrogens is 3. The number of nitrogens with one attached hydrogen (secondary N) is 2. The average Bonchev–Trinajstić information content (AvgIpc) is 3.23. The number of halogens is 2. The lowest BCUT2D eigenvalue weighted by atomic mass is 9.84. The second-order valence-electron chi connectivity index (χ2n) is 9.80. The molecule has 2 N–H and O–H groups in total. The number of benzene rings is 1. The number of hydrogen-bond acceptors (Lipinski definition) is 4. The molecule has 6 rings (SSSR count). The standard InChI is InChI=1S/C25H31N5O.2ClH/c1-16-3-2-4-21-23(16)28-24(27-21)18-7-9-29(10-8-18)15-19-5-6-22-20-11-17(12-26-13-20)14-30(22)25(19)31;;/h2-6,17-18,20,26H,7-15H2,1H3,(H,27,28);2*1H/t17-,20+;;/m0../s1. The number of para-hydroxylation sites is 1. The smallest absolute Gasteiger partial charge is 0.255 e. The van der Waals surface area contributed by atoms with Crippen molar-refractivity contribution in [1.82, 2.24) is 24.8 Å². The van der Waals surface area contributed by atoms with Gasteiger partial charge < -0.3 is 14.9 Å². The highest BCUT2D eigenvalue weighted by Gasteiger charge is 2.31. The van der Waals surface area contributed by atoms with Crippen molar-refractivity contribution >= 4 is 35.8 Å². The number of piperidine rings is 2. The van der Waals surface area contributed by atoms with E-state index in [9.17, 15) is 4.79 Å². The Balaban J connectivity index is 0.00000130. The molecule has 6 nitrogen and oxygen atoms in total. The third-order valence-corrected chi connectivity index (χ3v) is 7.69. The maximum atomic E-state index is 13.2. The van der Waals surface area contributed by atoms with Gasteiger partial charge >= 0.3 is 0 Å². The molecule has 5 heterocycles. The molecule has 2 aromatic heterocycles. The third-order valence-electron chi connectivity index (χ3n) is 7.69. The molecule has 1 aromatic carbocycles. The first-order chi connectivity index (χ1) is 15.2. The van der Waals surface area contributed by atoms with Crippen molar-refractivity contribution in [3.63, 3.8) is 0 Å². The van der Waals surface area contributed by atoms with Gasteiger partial charge in [-0.05, 0) is 69.4 Å². The number of H-pyrrole nitrogens is 1. The van der Waals surface area contributed by atoms with Crippen molar-refractivity contribution < 1.29 is 0 Å². The zero-order valence-corrected chi connectivity index (χ0v) is 20.7. The van der Waals surface area contributed by atoms with Crippen molar-refractivity contribution in [2.45, 2.75) is 51.1 Å². The number of pyridine rings is 1. The zero-order chi connectivity index (χ0) is 20.9. The molecule has 0 unspecified atom stereocenters. The lowest BCUT2D eigenvalue weighted by molar-refractivity contribution is 0.200. The normalized spacial score (nSPS) is 22.9. The summed E-state index contributed by atoms with van der Waals surface area (Å²) in [7, 11) is 0. The lowest BCUT2D eigenvalue weighted by Crippen LogP contribution is -2.45. The summed E-state index contributed by atoms with van der Waals surface area (Å²) in [6.07, 6.45) is 3.39. The number of likely N-dealkylation sites (tertiary alicyclic amines) is 1. The van der Waals surface area contributed by atoms with Crippen LogP contribution in [0.2, 0.25) is 0 Å². The Morgan fingerprint density at radius 2 is 1.88 bits per heavy atom. The Morgan fingerprint density at radius 1 is 1.06 bits per heavy atom. The molecule has 0 spiro atoms. The summed E-state index contributed by atoms with van der Waals surface area (Å²) in [5, 5.41) is 3.53. The summed E-state index contributed by atoms with van der Waals surface area (Å²) in [6, 6.07) is 10.6. The molecule has 33 heavy (non-hydrogen) atoms. The van der Waals surface area contributed by atoms with Crippen LogP contribution in [0, 0.1) is 12.8 Å². The van der Waals surface area contributed by atoms with Crippen molar-refractivity contribution in [2.24, 2.45) is 5.92 Å². The summed E-state index contributed by atoms with van der Waals surface area (Å²) in [5.74, 6) is 2.69. The Morgan fingerprint density at radius 3 is 2.67 bits per heavy atom. The van der Waals surface area contributed by atoms with Crippen LogP contribution in [-0.2, 0) is 13.1 Å². The molecule has 3 aromatic rings. The van der Waals surface area contributed by atoms with Crippen LogP contribution >= 0.6 is 24.8 Å². The van der Waals surface area contributed by atoms with Crippen LogP contribution in [0.15, 0.2) is 35.1 Å². The van der Waals surface area contributed by atoms with E-state index in [2.05, 4.69) is 57.0 Å². The van der Waals surface area contributed by atoms with E-state index in [4.69, 9.17) is 4.98 Å². The van der Waals surface area contributed by atoms with E-state index in [1.807, 2.05) is 0 Å². The molecule has 2 bridgehead atoms. The van der Waals surface area contributed by atoms with Crippen LogP contribution < -0.4 is 10.9 Å². The fourth-order valence-electron chi connectivity index (χ4n) is 5.95. The van der Waals surface area contributed by atoms with E-state index in [1.165, 1.54) is 17.7 Å². The van der Waals surface area contributed by atoms with Gasteiger partial charge in [0.2, 0.25) is 0 Å². The zero-order valence-electron chi connectivity index (χ0n) is 19.0. The molecule has 2 atom stereocenters. The fourth-order valence-corrected chi connectivity index (χ4v) is 5.95. The third kappa shape index (κ3) is 4.46. The molecule has 0 radical (unpaired) electrons. The monoisotopic (exact) mass is 489 g/mol. The molecule has 2 fully saturated rings. The summed E-state index contributed by atoms with van der Waals surface area (Å²) in [5.41, 5.74) is 5.89. The highest BCUT2D eigenvalue weighted by atomic mass is 35.5. The maximum Gasteiger partial charge on any atom is 0.255 e.